The molecule has 0 aliphatic heterocycles. The summed E-state index contributed by atoms with van der Waals surface area (Å²) in [6.45, 7) is 2.23. The molecule has 1 aromatic rings. The molecule has 1 atom stereocenters. The lowest BCUT2D eigenvalue weighted by atomic mass is 9.85. The fourth-order valence-electron chi connectivity index (χ4n) is 2.03. The van der Waals surface area contributed by atoms with E-state index in [9.17, 15) is 0 Å². The third-order valence-electron chi connectivity index (χ3n) is 2.75. The fourth-order valence-corrected chi connectivity index (χ4v) is 2.03. The van der Waals surface area contributed by atoms with Gasteiger partial charge in [0.25, 0.3) is 0 Å². The van der Waals surface area contributed by atoms with Crippen molar-refractivity contribution in [2.45, 2.75) is 32.1 Å². The Balaban J connectivity index is 2.15. The summed E-state index contributed by atoms with van der Waals surface area (Å²) in [5, 5.41) is 0. The molecule has 0 N–H and O–H groups in total. The second-order valence-corrected chi connectivity index (χ2v) is 3.81. The van der Waals surface area contributed by atoms with E-state index in [0.717, 1.165) is 5.92 Å². The predicted molar refractivity (Wildman–Crippen MR) is 54.6 cm³/mol. The Hall–Kier alpha value is -1.11. The maximum atomic E-state index is 4.04. The van der Waals surface area contributed by atoms with Crippen molar-refractivity contribution in [3.05, 3.63) is 41.7 Å². The van der Waals surface area contributed by atoms with Gasteiger partial charge in [-0.1, -0.05) is 11.6 Å². The Bertz CT molecular complexity index is 300. The van der Waals surface area contributed by atoms with E-state index in [1.54, 1.807) is 0 Å². The maximum Gasteiger partial charge on any atom is 0.0270 e. The highest BCUT2D eigenvalue weighted by Gasteiger charge is 2.14. The largest absolute Gasteiger partial charge is 0.265 e. The molecule has 0 aromatic carbocycles. The molecule has 1 heteroatoms. The molecule has 1 aromatic heterocycles. The highest BCUT2D eigenvalue weighted by molar-refractivity contribution is 5.20. The van der Waals surface area contributed by atoms with Crippen LogP contribution in [0, 0.1) is 0 Å². The lowest BCUT2D eigenvalue weighted by Gasteiger charge is -2.20. The molecule has 2 rings (SSSR count). The molecule has 1 unspecified atom stereocenters. The van der Waals surface area contributed by atoms with E-state index >= 15 is 0 Å². The van der Waals surface area contributed by atoms with Crippen LogP contribution in [-0.4, -0.2) is 4.98 Å². The number of pyridine rings is 1. The zero-order valence-corrected chi connectivity index (χ0v) is 8.03. The minimum Gasteiger partial charge on any atom is -0.265 e. The molecule has 1 heterocycles. The molecule has 0 fully saturated rings. The van der Waals surface area contributed by atoms with Crippen LogP contribution in [0.1, 0.15) is 37.7 Å². The van der Waals surface area contributed by atoms with Crippen LogP contribution < -0.4 is 0 Å². The Morgan fingerprint density at radius 2 is 2.08 bits per heavy atom. The van der Waals surface area contributed by atoms with Crippen molar-refractivity contribution in [3.8, 4) is 0 Å². The van der Waals surface area contributed by atoms with Gasteiger partial charge in [0.2, 0.25) is 0 Å². The molecule has 0 spiro atoms. The van der Waals surface area contributed by atoms with Crippen LogP contribution in [0.2, 0.25) is 0 Å². The van der Waals surface area contributed by atoms with Gasteiger partial charge < -0.3 is 0 Å². The lowest BCUT2D eigenvalue weighted by Crippen LogP contribution is -2.03. The van der Waals surface area contributed by atoms with Crippen molar-refractivity contribution in [1.82, 2.24) is 4.98 Å². The molecule has 13 heavy (non-hydrogen) atoms. The molecule has 1 aliphatic rings. The summed E-state index contributed by atoms with van der Waals surface area (Å²) >= 11 is 0. The molecule has 1 nitrogen and oxygen atoms in total. The second kappa shape index (κ2) is 3.73. The highest BCUT2D eigenvalue weighted by atomic mass is 14.6. The summed E-state index contributed by atoms with van der Waals surface area (Å²) in [5.41, 5.74) is 2.98. The van der Waals surface area contributed by atoms with Gasteiger partial charge >= 0.3 is 0 Å². The maximum absolute atomic E-state index is 4.04. The molecule has 0 amide bonds. The monoisotopic (exact) mass is 173 g/mol. The fraction of sp³-hybridized carbons (Fsp3) is 0.417. The molecular formula is C12H15N. The number of rotatable bonds is 1. The van der Waals surface area contributed by atoms with Crippen molar-refractivity contribution in [2.75, 3.05) is 0 Å². The Kier molecular flexibility index (Phi) is 2.44. The first-order chi connectivity index (χ1) is 6.36. The minimum atomic E-state index is 0.730. The highest BCUT2D eigenvalue weighted by Crippen LogP contribution is 2.31. The summed E-state index contributed by atoms with van der Waals surface area (Å²) in [6.07, 6.45) is 9.90. The van der Waals surface area contributed by atoms with Gasteiger partial charge in [-0.25, -0.2) is 0 Å². The van der Waals surface area contributed by atoms with Gasteiger partial charge in [-0.2, -0.15) is 0 Å². The van der Waals surface area contributed by atoms with Crippen molar-refractivity contribution < 1.29 is 0 Å². The van der Waals surface area contributed by atoms with E-state index in [2.05, 4.69) is 30.1 Å². The average Bonchev–Trinajstić information content (AvgIpc) is 2.19. The summed E-state index contributed by atoms with van der Waals surface area (Å²) < 4.78 is 0. The number of aromatic nitrogens is 1. The molecule has 1 aliphatic carbocycles. The van der Waals surface area contributed by atoms with Crippen LogP contribution in [0.5, 0.6) is 0 Å². The van der Waals surface area contributed by atoms with E-state index < -0.39 is 0 Å². The number of hydrogen-bond acceptors (Lipinski definition) is 1. The van der Waals surface area contributed by atoms with Crippen LogP contribution in [0.4, 0.5) is 0 Å². The summed E-state index contributed by atoms with van der Waals surface area (Å²) in [4.78, 5) is 4.04. The first-order valence-electron chi connectivity index (χ1n) is 4.92. The van der Waals surface area contributed by atoms with Crippen LogP contribution in [0.3, 0.4) is 0 Å². The van der Waals surface area contributed by atoms with Gasteiger partial charge in [0.05, 0.1) is 0 Å². The average molecular weight is 173 g/mol. The molecule has 0 saturated heterocycles. The van der Waals surface area contributed by atoms with Crippen LogP contribution in [0.25, 0.3) is 0 Å². The third kappa shape index (κ3) is 1.97. The summed E-state index contributed by atoms with van der Waals surface area (Å²) in [7, 11) is 0. The first kappa shape index (κ1) is 8.49. The van der Waals surface area contributed by atoms with Gasteiger partial charge in [-0.3, -0.25) is 4.98 Å². The van der Waals surface area contributed by atoms with Crippen LogP contribution >= 0.6 is 0 Å². The molecule has 0 saturated carbocycles. The molecule has 0 bridgehead atoms. The zero-order valence-electron chi connectivity index (χ0n) is 8.03. The second-order valence-electron chi connectivity index (χ2n) is 3.81. The van der Waals surface area contributed by atoms with Gasteiger partial charge in [-0.05, 0) is 49.8 Å². The Morgan fingerprint density at radius 3 is 2.77 bits per heavy atom. The van der Waals surface area contributed by atoms with Crippen molar-refractivity contribution >= 4 is 0 Å². The quantitative estimate of drug-likeness (QED) is 0.594. The predicted octanol–water partition coefficient (Wildman–Crippen LogP) is 3.30. The Morgan fingerprint density at radius 1 is 1.31 bits per heavy atom. The van der Waals surface area contributed by atoms with E-state index in [-0.39, 0.29) is 0 Å². The van der Waals surface area contributed by atoms with Crippen molar-refractivity contribution in [1.29, 1.82) is 0 Å². The standard InChI is InChI=1S/C12H15N/c1-10-3-2-4-12(9-10)11-5-7-13-8-6-11/h3,5-8,12H,2,4,9H2,1H3. The lowest BCUT2D eigenvalue weighted by molar-refractivity contribution is 0.595. The topological polar surface area (TPSA) is 12.9 Å². The number of allylic oxidation sites excluding steroid dienone is 2. The van der Waals surface area contributed by atoms with E-state index in [1.165, 1.54) is 30.4 Å². The smallest absolute Gasteiger partial charge is 0.0270 e. The molecule has 68 valence electrons. The molecule has 0 radical (unpaired) electrons. The van der Waals surface area contributed by atoms with Crippen molar-refractivity contribution in [3.63, 3.8) is 0 Å². The third-order valence-corrected chi connectivity index (χ3v) is 2.75. The van der Waals surface area contributed by atoms with E-state index in [0.29, 0.717) is 0 Å². The zero-order chi connectivity index (χ0) is 9.10. The summed E-state index contributed by atoms with van der Waals surface area (Å²) in [6, 6.07) is 4.28. The van der Waals surface area contributed by atoms with E-state index in [1.807, 2.05) is 12.4 Å². The van der Waals surface area contributed by atoms with Crippen molar-refractivity contribution in [2.24, 2.45) is 0 Å². The first-order valence-corrected chi connectivity index (χ1v) is 4.92. The summed E-state index contributed by atoms with van der Waals surface area (Å²) in [5.74, 6) is 0.730. The SMILES string of the molecule is CC1=CCCC(c2ccncc2)C1. The van der Waals surface area contributed by atoms with Crippen LogP contribution in [-0.2, 0) is 0 Å². The van der Waals surface area contributed by atoms with Gasteiger partial charge in [0.1, 0.15) is 0 Å². The minimum absolute atomic E-state index is 0.730. The normalized spacial score (nSPS) is 22.5. The van der Waals surface area contributed by atoms with Gasteiger partial charge in [0.15, 0.2) is 0 Å². The van der Waals surface area contributed by atoms with Gasteiger partial charge in [0, 0.05) is 12.4 Å². The number of hydrogen-bond donors (Lipinski definition) is 0. The van der Waals surface area contributed by atoms with E-state index in [4.69, 9.17) is 0 Å². The molecular weight excluding hydrogens is 158 g/mol. The van der Waals surface area contributed by atoms with Crippen LogP contribution in [0.15, 0.2) is 36.2 Å². The Labute approximate surface area is 79.5 Å². The number of nitrogens with zero attached hydrogens (tertiary/aromatic N) is 1. The van der Waals surface area contributed by atoms with Gasteiger partial charge in [-0.15, -0.1) is 0 Å².